The lowest BCUT2D eigenvalue weighted by Crippen LogP contribution is -2.44. The van der Waals surface area contributed by atoms with Crippen LogP contribution in [0, 0.1) is 5.92 Å². The van der Waals surface area contributed by atoms with Gasteiger partial charge in [0.25, 0.3) is 0 Å². The third-order valence-electron chi connectivity index (χ3n) is 5.20. The van der Waals surface area contributed by atoms with E-state index in [2.05, 4.69) is 4.72 Å². The van der Waals surface area contributed by atoms with Crippen molar-refractivity contribution in [2.45, 2.75) is 30.6 Å². The number of sulfonamides is 1. The maximum atomic E-state index is 12.5. The average molecular weight is 412 g/mol. The second kappa shape index (κ2) is 9.69. The van der Waals surface area contributed by atoms with Crippen molar-refractivity contribution in [2.75, 3.05) is 46.4 Å². The van der Waals surface area contributed by atoms with Crippen LogP contribution in [0.3, 0.4) is 0 Å². The number of methoxy groups -OCH3 is 1. The fourth-order valence-electron chi connectivity index (χ4n) is 3.58. The van der Waals surface area contributed by atoms with Gasteiger partial charge in [0.1, 0.15) is 5.75 Å². The summed E-state index contributed by atoms with van der Waals surface area (Å²) in [6.45, 7) is 3.88. The van der Waals surface area contributed by atoms with E-state index in [0.29, 0.717) is 31.8 Å². The molecule has 0 saturated carbocycles. The van der Waals surface area contributed by atoms with E-state index in [1.165, 1.54) is 19.2 Å². The van der Waals surface area contributed by atoms with E-state index in [1.807, 2.05) is 9.96 Å². The zero-order chi connectivity index (χ0) is 20.0. The van der Waals surface area contributed by atoms with E-state index in [4.69, 9.17) is 9.57 Å². The minimum Gasteiger partial charge on any atom is -0.497 e. The van der Waals surface area contributed by atoms with Crippen LogP contribution >= 0.6 is 0 Å². The number of nitrogens with one attached hydrogen (secondary N) is 1. The summed E-state index contributed by atoms with van der Waals surface area (Å²) in [7, 11) is -2.04. The van der Waals surface area contributed by atoms with E-state index in [-0.39, 0.29) is 16.7 Å². The second-order valence-corrected chi connectivity index (χ2v) is 9.01. The Hall–Kier alpha value is -1.68. The Kier molecular flexibility index (Phi) is 7.28. The molecule has 156 valence electrons. The molecule has 2 aliphatic heterocycles. The van der Waals surface area contributed by atoms with Crippen molar-refractivity contribution >= 4 is 15.9 Å². The van der Waals surface area contributed by atoms with Gasteiger partial charge in [-0.1, -0.05) is 0 Å². The quantitative estimate of drug-likeness (QED) is 0.693. The molecule has 1 N–H and O–H groups in total. The van der Waals surface area contributed by atoms with Gasteiger partial charge in [-0.15, -0.1) is 0 Å². The number of piperidine rings is 1. The maximum Gasteiger partial charge on any atom is 0.240 e. The molecule has 2 heterocycles. The molecular formula is C19H29N3O5S. The molecule has 1 atom stereocenters. The highest BCUT2D eigenvalue weighted by atomic mass is 32.2. The molecule has 1 amide bonds. The summed E-state index contributed by atoms with van der Waals surface area (Å²) in [5, 5.41) is 1.85. The Morgan fingerprint density at radius 1 is 1.25 bits per heavy atom. The summed E-state index contributed by atoms with van der Waals surface area (Å²) in [6.07, 6.45) is 3.24. The summed E-state index contributed by atoms with van der Waals surface area (Å²) >= 11 is 0. The molecule has 2 fully saturated rings. The van der Waals surface area contributed by atoms with E-state index >= 15 is 0 Å². The second-order valence-electron chi connectivity index (χ2n) is 7.24. The van der Waals surface area contributed by atoms with E-state index in [1.54, 1.807) is 12.1 Å². The van der Waals surface area contributed by atoms with Crippen LogP contribution in [0.15, 0.2) is 29.2 Å². The van der Waals surface area contributed by atoms with Gasteiger partial charge in [-0.25, -0.2) is 13.1 Å². The number of hydrogen-bond acceptors (Lipinski definition) is 6. The molecule has 2 aliphatic rings. The number of amides is 1. The molecule has 3 rings (SSSR count). The molecule has 0 radical (unpaired) electrons. The minimum absolute atomic E-state index is 0.109. The number of rotatable bonds is 8. The molecule has 8 nitrogen and oxygen atoms in total. The van der Waals surface area contributed by atoms with Crippen molar-refractivity contribution in [3.63, 3.8) is 0 Å². The number of benzene rings is 1. The maximum absolute atomic E-state index is 12.5. The predicted molar refractivity (Wildman–Crippen MR) is 104 cm³/mol. The molecule has 28 heavy (non-hydrogen) atoms. The summed E-state index contributed by atoms with van der Waals surface area (Å²) in [5.74, 6) is 0.840. The average Bonchev–Trinajstić information content (AvgIpc) is 3.24. The number of carbonyl (C=O) groups excluding carboxylic acids is 1. The van der Waals surface area contributed by atoms with E-state index in [0.717, 1.165) is 39.0 Å². The zero-order valence-corrected chi connectivity index (χ0v) is 17.1. The monoisotopic (exact) mass is 411 g/mol. The smallest absolute Gasteiger partial charge is 0.240 e. The summed E-state index contributed by atoms with van der Waals surface area (Å²) in [4.78, 5) is 20.0. The highest BCUT2D eigenvalue weighted by Crippen LogP contribution is 2.19. The Morgan fingerprint density at radius 2 is 2.04 bits per heavy atom. The lowest BCUT2D eigenvalue weighted by molar-refractivity contribution is -0.140. The number of carbonyl (C=O) groups is 1. The first-order valence-electron chi connectivity index (χ1n) is 9.77. The lowest BCUT2D eigenvalue weighted by atomic mass is 9.98. The van der Waals surface area contributed by atoms with E-state index in [9.17, 15) is 13.2 Å². The highest BCUT2D eigenvalue weighted by molar-refractivity contribution is 7.89. The largest absolute Gasteiger partial charge is 0.497 e. The van der Waals surface area contributed by atoms with Crippen LogP contribution in [0.1, 0.15) is 25.7 Å². The van der Waals surface area contributed by atoms with Crippen LogP contribution < -0.4 is 9.46 Å². The van der Waals surface area contributed by atoms with Crippen molar-refractivity contribution < 1.29 is 22.8 Å². The first-order chi connectivity index (χ1) is 13.5. The molecule has 2 saturated heterocycles. The van der Waals surface area contributed by atoms with Crippen molar-refractivity contribution in [2.24, 2.45) is 5.92 Å². The van der Waals surface area contributed by atoms with Crippen LogP contribution in [0.25, 0.3) is 0 Å². The fraction of sp³-hybridized carbons (Fsp3) is 0.632. The Labute approximate surface area is 166 Å². The van der Waals surface area contributed by atoms with Gasteiger partial charge in [-0.3, -0.25) is 9.63 Å². The minimum atomic E-state index is -3.58. The Bertz CT molecular complexity index is 747. The van der Waals surface area contributed by atoms with Gasteiger partial charge in [0.05, 0.1) is 18.6 Å². The van der Waals surface area contributed by atoms with Gasteiger partial charge in [-0.05, 0) is 49.4 Å². The van der Waals surface area contributed by atoms with Crippen molar-refractivity contribution in [1.82, 2.24) is 14.7 Å². The van der Waals surface area contributed by atoms with Crippen LogP contribution in [-0.2, 0) is 19.7 Å². The summed E-state index contributed by atoms with van der Waals surface area (Å²) in [5.41, 5.74) is 0. The van der Waals surface area contributed by atoms with Crippen molar-refractivity contribution in [3.05, 3.63) is 24.3 Å². The fourth-order valence-corrected chi connectivity index (χ4v) is 4.69. The molecule has 0 bridgehead atoms. The Morgan fingerprint density at radius 3 is 2.71 bits per heavy atom. The van der Waals surface area contributed by atoms with Crippen LogP contribution in [-0.4, -0.2) is 70.7 Å². The molecule has 1 aromatic carbocycles. The molecule has 0 unspecified atom stereocenters. The Balaban J connectivity index is 1.47. The molecule has 0 spiro atoms. The van der Waals surface area contributed by atoms with Crippen molar-refractivity contribution in [3.8, 4) is 5.75 Å². The highest BCUT2D eigenvalue weighted by Gasteiger charge is 2.26. The van der Waals surface area contributed by atoms with Crippen LogP contribution in [0.2, 0.25) is 0 Å². The first-order valence-corrected chi connectivity index (χ1v) is 11.3. The SMILES string of the molecule is COc1ccc(S(=O)(=O)NC[C@H]2CCCN(C(=O)CCN3CCCO3)C2)cc1. The lowest BCUT2D eigenvalue weighted by Gasteiger charge is -2.33. The van der Waals surface area contributed by atoms with Gasteiger partial charge in [0.15, 0.2) is 0 Å². The van der Waals surface area contributed by atoms with Gasteiger partial charge in [0, 0.05) is 39.1 Å². The van der Waals surface area contributed by atoms with E-state index < -0.39 is 10.0 Å². The molecule has 1 aromatic rings. The summed E-state index contributed by atoms with van der Waals surface area (Å²) in [6, 6.07) is 6.30. The standard InChI is InChI=1S/C19H29N3O5S/c1-26-17-5-7-18(8-6-17)28(24,25)20-14-16-4-2-10-21(15-16)19(23)9-12-22-11-3-13-27-22/h5-8,16,20H,2-4,9-15H2,1H3/t16-/m1/s1. The number of likely N-dealkylation sites (tertiary alicyclic amines) is 1. The predicted octanol–water partition coefficient (Wildman–Crippen LogP) is 1.24. The van der Waals surface area contributed by atoms with Gasteiger partial charge in [-0.2, -0.15) is 5.06 Å². The molecular weight excluding hydrogens is 382 g/mol. The van der Waals surface area contributed by atoms with Gasteiger partial charge >= 0.3 is 0 Å². The molecule has 0 aliphatic carbocycles. The van der Waals surface area contributed by atoms with Gasteiger partial charge < -0.3 is 9.64 Å². The van der Waals surface area contributed by atoms with Gasteiger partial charge in [0.2, 0.25) is 15.9 Å². The number of hydrogen-bond donors (Lipinski definition) is 1. The normalized spacial score (nSPS) is 21.0. The van der Waals surface area contributed by atoms with Crippen LogP contribution in [0.4, 0.5) is 0 Å². The van der Waals surface area contributed by atoms with Crippen molar-refractivity contribution in [1.29, 1.82) is 0 Å². The molecule has 0 aromatic heterocycles. The zero-order valence-electron chi connectivity index (χ0n) is 16.3. The molecule has 9 heteroatoms. The number of hydroxylamine groups is 2. The topological polar surface area (TPSA) is 88.2 Å². The number of nitrogens with zero attached hydrogens (tertiary/aromatic N) is 2. The number of ether oxygens (including phenoxy) is 1. The first kappa shape index (κ1) is 21.0. The van der Waals surface area contributed by atoms with Crippen LogP contribution in [0.5, 0.6) is 5.75 Å². The third kappa shape index (κ3) is 5.66. The summed E-state index contributed by atoms with van der Waals surface area (Å²) < 4.78 is 32.7. The third-order valence-corrected chi connectivity index (χ3v) is 6.64.